The molecule has 0 aliphatic heterocycles. The van der Waals surface area contributed by atoms with Crippen LogP contribution in [0.15, 0.2) is 30.3 Å². The van der Waals surface area contributed by atoms with Crippen LogP contribution in [0.3, 0.4) is 0 Å². The van der Waals surface area contributed by atoms with Crippen LogP contribution < -0.4 is 0 Å². The second-order valence-corrected chi connectivity index (χ2v) is 5.18. The predicted molar refractivity (Wildman–Crippen MR) is 57.8 cm³/mol. The first kappa shape index (κ1) is 12.4. The maximum atomic E-state index is 12.1. The molecule has 1 atom stereocenters. The van der Waals surface area contributed by atoms with E-state index in [1.165, 1.54) is 21.3 Å². The van der Waals surface area contributed by atoms with Crippen LogP contribution in [0.1, 0.15) is 11.4 Å². The third-order valence-electron chi connectivity index (χ3n) is 2.10. The molecule has 0 unspecified atom stereocenters. The lowest BCUT2D eigenvalue weighted by molar-refractivity contribution is 0.123. The van der Waals surface area contributed by atoms with Gasteiger partial charge in [0.05, 0.1) is 0 Å². The van der Waals surface area contributed by atoms with E-state index in [0.29, 0.717) is 0 Å². The molecule has 0 heterocycles. The van der Waals surface area contributed by atoms with Crippen LogP contribution in [-0.2, 0) is 18.3 Å². The summed E-state index contributed by atoms with van der Waals surface area (Å²) in [6.45, 7) is 0. The van der Waals surface area contributed by atoms with Crippen LogP contribution in [0, 0.1) is 0 Å². The molecule has 0 fully saturated rings. The molecule has 0 aromatic heterocycles. The summed E-state index contributed by atoms with van der Waals surface area (Å²) < 4.78 is 27.1. The first-order valence-electron chi connectivity index (χ1n) is 4.47. The molecule has 0 aliphatic rings. The van der Waals surface area contributed by atoms with Gasteiger partial charge in [-0.1, -0.05) is 30.3 Å². The highest BCUT2D eigenvalue weighted by atomic mass is 31.2. The van der Waals surface area contributed by atoms with Crippen molar-refractivity contribution in [3.05, 3.63) is 35.9 Å². The first-order valence-corrected chi connectivity index (χ1v) is 6.08. The van der Waals surface area contributed by atoms with Crippen molar-refractivity contribution in [2.75, 3.05) is 21.3 Å². The molecule has 84 valence electrons. The highest BCUT2D eigenvalue weighted by Crippen LogP contribution is 2.59. The van der Waals surface area contributed by atoms with Crippen LogP contribution in [0.2, 0.25) is 0 Å². The minimum atomic E-state index is -3.24. The Labute approximate surface area is 89.7 Å². The molecule has 0 radical (unpaired) electrons. The molecule has 4 nitrogen and oxygen atoms in total. The zero-order valence-electron chi connectivity index (χ0n) is 9.04. The van der Waals surface area contributed by atoms with Crippen LogP contribution in [0.5, 0.6) is 0 Å². The summed E-state index contributed by atoms with van der Waals surface area (Å²) in [5, 5.41) is 0. The molecule has 0 N–H and O–H groups in total. The van der Waals surface area contributed by atoms with Gasteiger partial charge in [0.1, 0.15) is 0 Å². The molecule has 0 bridgehead atoms. The van der Waals surface area contributed by atoms with Crippen molar-refractivity contribution in [1.82, 2.24) is 0 Å². The summed E-state index contributed by atoms with van der Waals surface area (Å²) in [6.07, 6.45) is 0. The SMILES string of the molecule is CO[C@@H](c1ccccc1)P(=O)(OC)OC. The topological polar surface area (TPSA) is 44.8 Å². The van der Waals surface area contributed by atoms with Gasteiger partial charge in [-0.3, -0.25) is 4.57 Å². The molecule has 0 aliphatic carbocycles. The van der Waals surface area contributed by atoms with Crippen molar-refractivity contribution in [3.63, 3.8) is 0 Å². The Kier molecular flexibility index (Phi) is 4.48. The fourth-order valence-electron chi connectivity index (χ4n) is 1.33. The first-order chi connectivity index (χ1) is 7.18. The molecule has 1 aromatic carbocycles. The third kappa shape index (κ3) is 2.67. The average molecular weight is 230 g/mol. The van der Waals surface area contributed by atoms with E-state index in [0.717, 1.165) is 5.56 Å². The summed E-state index contributed by atoms with van der Waals surface area (Å²) in [6, 6.07) is 9.20. The van der Waals surface area contributed by atoms with E-state index >= 15 is 0 Å². The van der Waals surface area contributed by atoms with Crippen LogP contribution in [-0.4, -0.2) is 21.3 Å². The highest BCUT2D eigenvalue weighted by molar-refractivity contribution is 7.54. The van der Waals surface area contributed by atoms with Crippen molar-refractivity contribution in [1.29, 1.82) is 0 Å². The van der Waals surface area contributed by atoms with E-state index in [9.17, 15) is 4.57 Å². The number of hydrogen-bond donors (Lipinski definition) is 0. The van der Waals surface area contributed by atoms with Crippen molar-refractivity contribution in [2.24, 2.45) is 0 Å². The van der Waals surface area contributed by atoms with E-state index in [4.69, 9.17) is 13.8 Å². The van der Waals surface area contributed by atoms with E-state index in [-0.39, 0.29) is 0 Å². The van der Waals surface area contributed by atoms with Gasteiger partial charge >= 0.3 is 7.60 Å². The third-order valence-corrected chi connectivity index (χ3v) is 4.21. The van der Waals surface area contributed by atoms with Crippen LogP contribution in [0.4, 0.5) is 0 Å². The lowest BCUT2D eigenvalue weighted by Crippen LogP contribution is -2.05. The molecule has 0 saturated heterocycles. The number of rotatable bonds is 5. The van der Waals surface area contributed by atoms with Gasteiger partial charge < -0.3 is 13.8 Å². The van der Waals surface area contributed by atoms with Gasteiger partial charge in [0.25, 0.3) is 0 Å². The highest BCUT2D eigenvalue weighted by Gasteiger charge is 2.35. The Morgan fingerprint density at radius 3 is 2.00 bits per heavy atom. The number of benzene rings is 1. The van der Waals surface area contributed by atoms with E-state index in [1.54, 1.807) is 0 Å². The molecule has 0 amide bonds. The van der Waals surface area contributed by atoms with Gasteiger partial charge in [-0.2, -0.15) is 0 Å². The molecular weight excluding hydrogens is 215 g/mol. The molecular formula is C10H15O4P. The summed E-state index contributed by atoms with van der Waals surface area (Å²) in [5.41, 5.74) is 0.770. The predicted octanol–water partition coefficient (Wildman–Crippen LogP) is 2.82. The van der Waals surface area contributed by atoms with Gasteiger partial charge in [-0.15, -0.1) is 0 Å². The number of hydrogen-bond acceptors (Lipinski definition) is 4. The van der Waals surface area contributed by atoms with Crippen LogP contribution in [0.25, 0.3) is 0 Å². The zero-order valence-corrected chi connectivity index (χ0v) is 9.94. The Bertz CT molecular complexity index is 331. The fourth-order valence-corrected chi connectivity index (χ4v) is 2.66. The summed E-state index contributed by atoms with van der Waals surface area (Å²) in [5.74, 6) is -0.686. The maximum Gasteiger partial charge on any atom is 0.363 e. The van der Waals surface area contributed by atoms with Crippen molar-refractivity contribution < 1.29 is 18.3 Å². The molecule has 15 heavy (non-hydrogen) atoms. The van der Waals surface area contributed by atoms with Gasteiger partial charge in [0.15, 0.2) is 5.85 Å². The van der Waals surface area contributed by atoms with E-state index < -0.39 is 13.4 Å². The largest absolute Gasteiger partial charge is 0.364 e. The van der Waals surface area contributed by atoms with Crippen molar-refractivity contribution in [2.45, 2.75) is 5.85 Å². The maximum absolute atomic E-state index is 12.1. The fraction of sp³-hybridized carbons (Fsp3) is 0.400. The standard InChI is InChI=1S/C10H15O4P/c1-12-10(15(11,13-2)14-3)9-7-5-4-6-8-9/h4-8,10H,1-3H3/t10-/m1/s1. The Balaban J connectivity index is 3.04. The van der Waals surface area contributed by atoms with Crippen LogP contribution >= 0.6 is 7.60 Å². The van der Waals surface area contributed by atoms with Gasteiger partial charge in [0.2, 0.25) is 0 Å². The lowest BCUT2D eigenvalue weighted by Gasteiger charge is -2.23. The Morgan fingerprint density at radius 1 is 1.07 bits per heavy atom. The number of methoxy groups -OCH3 is 1. The van der Waals surface area contributed by atoms with Gasteiger partial charge in [-0.05, 0) is 5.56 Å². The minimum Gasteiger partial charge on any atom is -0.364 e. The summed E-state index contributed by atoms with van der Waals surface area (Å²) >= 11 is 0. The Hall–Kier alpha value is -0.670. The average Bonchev–Trinajstić information content (AvgIpc) is 2.31. The van der Waals surface area contributed by atoms with Gasteiger partial charge in [0, 0.05) is 21.3 Å². The minimum absolute atomic E-state index is 0.686. The van der Waals surface area contributed by atoms with E-state index in [2.05, 4.69) is 0 Å². The molecule has 1 rings (SSSR count). The molecule has 0 saturated carbocycles. The Morgan fingerprint density at radius 2 is 1.60 bits per heavy atom. The second kappa shape index (κ2) is 5.42. The quantitative estimate of drug-likeness (QED) is 0.729. The smallest absolute Gasteiger partial charge is 0.363 e. The second-order valence-electron chi connectivity index (χ2n) is 2.90. The zero-order chi connectivity index (χ0) is 11.3. The lowest BCUT2D eigenvalue weighted by atomic mass is 10.2. The van der Waals surface area contributed by atoms with Crippen molar-refractivity contribution >= 4 is 7.60 Å². The summed E-state index contributed by atoms with van der Waals surface area (Å²) in [7, 11) is 0.932. The van der Waals surface area contributed by atoms with E-state index in [1.807, 2.05) is 30.3 Å². The molecule has 1 aromatic rings. The van der Waals surface area contributed by atoms with Gasteiger partial charge in [-0.25, -0.2) is 0 Å². The molecule has 5 heteroatoms. The van der Waals surface area contributed by atoms with Crippen molar-refractivity contribution in [3.8, 4) is 0 Å². The normalized spacial score (nSPS) is 13.8. The molecule has 0 spiro atoms. The number of ether oxygens (including phenoxy) is 1. The monoisotopic (exact) mass is 230 g/mol. The summed E-state index contributed by atoms with van der Waals surface area (Å²) in [4.78, 5) is 0.